The van der Waals surface area contributed by atoms with Crippen LogP contribution in [0.5, 0.6) is 11.5 Å². The maximum Gasteiger partial charge on any atom is 0.341 e. The number of aliphatic hydroxyl groups is 2. The SMILES string of the molecule is CO[C@H]1CCO[C@@]2(C)Oc3c(C)c(O)c4c(c3C2=O)C(=O)C(N2CCC(CN[C@H]3CCN(c5c(F)cn6c(=O)c(C(=O)O)cc(C7CC7)c6c5C)C3)CC2)=C(NC(=O)/C(C)=C\C=C\[C@H](C)[C@H](O)[C@@H](N)[C@@H](O)[C@@H](N)[C@H](OC(C)=O)C1)C4=O. The second kappa shape index (κ2) is 23.2. The number of phenolic OH excluding ortho intramolecular Hbond substituents is 1. The molecule has 1 aromatic carbocycles. The Labute approximate surface area is 466 Å². The summed E-state index contributed by atoms with van der Waals surface area (Å²) in [5, 5.41) is 50.4. The van der Waals surface area contributed by atoms with E-state index in [9.17, 15) is 49.2 Å². The highest BCUT2D eigenvalue weighted by Gasteiger charge is 2.53. The van der Waals surface area contributed by atoms with E-state index in [1.165, 1.54) is 59.1 Å². The fourth-order valence-corrected chi connectivity index (χ4v) is 12.1. The second-order valence-corrected chi connectivity index (χ2v) is 22.6. The molecule has 81 heavy (non-hydrogen) atoms. The number of benzene rings is 1. The summed E-state index contributed by atoms with van der Waals surface area (Å²) in [7, 11) is 1.39. The number of amides is 1. The monoisotopic (exact) mass is 1130 g/mol. The number of hydrogen-bond acceptors (Lipinski definition) is 19. The summed E-state index contributed by atoms with van der Waals surface area (Å²) in [6.45, 7) is 10.6. The molecule has 2 aromatic heterocycles. The zero-order chi connectivity index (χ0) is 58.7. The number of methoxy groups -OCH3 is 1. The lowest BCUT2D eigenvalue weighted by Crippen LogP contribution is -2.59. The maximum absolute atomic E-state index is 16.1. The zero-order valence-corrected chi connectivity index (χ0v) is 46.5. The van der Waals surface area contributed by atoms with Crippen LogP contribution in [0.15, 0.2) is 52.3 Å². The molecule has 436 valence electrons. The first-order chi connectivity index (χ1) is 38.4. The number of carbonyl (C=O) groups is 6. The van der Waals surface area contributed by atoms with E-state index in [1.54, 1.807) is 18.7 Å². The number of carboxylic acids is 1. The third-order valence-electron chi connectivity index (χ3n) is 17.0. The number of aromatic nitrogens is 1. The summed E-state index contributed by atoms with van der Waals surface area (Å²) >= 11 is 0. The van der Waals surface area contributed by atoms with Gasteiger partial charge in [-0.1, -0.05) is 25.2 Å². The highest BCUT2D eigenvalue weighted by molar-refractivity contribution is 6.32. The molecule has 0 radical (unpaired) electrons. The Balaban J connectivity index is 0.974. The number of fused-ring (bicyclic) bond motifs is 16. The van der Waals surface area contributed by atoms with Gasteiger partial charge in [-0.05, 0) is 94.9 Å². The number of nitrogens with zero attached hydrogens (tertiary/aromatic N) is 3. The number of anilines is 1. The van der Waals surface area contributed by atoms with Crippen molar-refractivity contribution in [3.63, 3.8) is 0 Å². The lowest BCUT2D eigenvalue weighted by Gasteiger charge is -2.37. The van der Waals surface area contributed by atoms with Gasteiger partial charge in [0.05, 0.1) is 71.1 Å². The van der Waals surface area contributed by atoms with Crippen LogP contribution in [0.25, 0.3) is 5.52 Å². The molecule has 3 aromatic rings. The van der Waals surface area contributed by atoms with E-state index in [0.717, 1.165) is 29.0 Å². The number of carboxylic acid groups (broad SMARTS) is 1. The number of nitrogens with two attached hydrogens (primary N) is 2. The molecule has 10 N–H and O–H groups in total. The standard InChI is InChI=1S/C58H72FN7O15/c1-26-9-8-10-27(2)55(74)63-44-47(64-17-13-31(14-18-64)23-62-33-15-19-65(24-33)46-28(3)45-35(32-11-12-32)22-36(57(76)77)56(75)66(45)25-37(46)59)51(71)39-40(50(44)70)49(69)29(4)53-41(39)54(73)58(6,81-53)79-20-16-34(78-7)21-38(80-30(5)67)42(60)52(72)43(61)48(26)68/h8-10,22,25-26,31-34,38,42-43,48,52,62,68-69,72H,11-21,23-24,60-61H2,1-7H3,(H,63,74)(H,76,77)/b9-8+,27-10-/t26-,33-,34-,38+,42-,43+,48-,52-,58-/m0/s1. The lowest BCUT2D eigenvalue weighted by atomic mass is 9.81. The van der Waals surface area contributed by atoms with E-state index < -0.39 is 123 Å². The third kappa shape index (κ3) is 11.2. The summed E-state index contributed by atoms with van der Waals surface area (Å²) in [6, 6.07) is -1.24. The highest BCUT2D eigenvalue weighted by atomic mass is 19.1. The van der Waals surface area contributed by atoms with Crippen molar-refractivity contribution >= 4 is 46.4 Å². The molecule has 2 aliphatic carbocycles. The number of hydrogen-bond donors (Lipinski definition) is 8. The van der Waals surface area contributed by atoms with E-state index in [1.807, 2.05) is 4.90 Å². The number of halogens is 1. The predicted molar refractivity (Wildman–Crippen MR) is 292 cm³/mol. The van der Waals surface area contributed by atoms with Crippen LogP contribution in [0.3, 0.4) is 0 Å². The Bertz CT molecular complexity index is 3250. The molecule has 1 saturated carbocycles. The Morgan fingerprint density at radius 2 is 1.62 bits per heavy atom. The van der Waals surface area contributed by atoms with E-state index >= 15 is 9.18 Å². The van der Waals surface area contributed by atoms with Gasteiger partial charge >= 0.3 is 11.9 Å². The average molecular weight is 1130 g/mol. The second-order valence-electron chi connectivity index (χ2n) is 22.6. The number of ketones is 3. The van der Waals surface area contributed by atoms with Gasteiger partial charge in [-0.15, -0.1) is 0 Å². The van der Waals surface area contributed by atoms with Gasteiger partial charge < -0.3 is 71.3 Å². The number of Topliss-reactive ketones (excluding diaryl/α,β-unsaturated/α-hetero) is 3. The zero-order valence-electron chi connectivity index (χ0n) is 46.5. The van der Waals surface area contributed by atoms with Crippen LogP contribution < -0.4 is 37.3 Å². The molecule has 3 fully saturated rings. The van der Waals surface area contributed by atoms with Crippen molar-refractivity contribution in [1.82, 2.24) is 19.9 Å². The van der Waals surface area contributed by atoms with Crippen LogP contribution in [0, 0.1) is 31.5 Å². The number of aryl methyl sites for hydroxylation is 1. The molecule has 0 spiro atoms. The lowest BCUT2D eigenvalue weighted by molar-refractivity contribution is -0.153. The van der Waals surface area contributed by atoms with Crippen molar-refractivity contribution in [3.8, 4) is 11.5 Å². The normalized spacial score (nSPS) is 29.2. The summed E-state index contributed by atoms with van der Waals surface area (Å²) in [5.41, 5.74) is 12.1. The van der Waals surface area contributed by atoms with Gasteiger partial charge in [0.2, 0.25) is 17.3 Å². The molecule has 5 aliphatic heterocycles. The molecular formula is C58H72FN7O15. The quantitative estimate of drug-likeness (QED) is 0.143. The van der Waals surface area contributed by atoms with Crippen LogP contribution in [0.2, 0.25) is 0 Å². The van der Waals surface area contributed by atoms with Crippen molar-refractivity contribution in [2.75, 3.05) is 51.3 Å². The van der Waals surface area contributed by atoms with Gasteiger partial charge in [-0.2, -0.15) is 0 Å². The van der Waals surface area contributed by atoms with E-state index in [2.05, 4.69) is 10.6 Å². The third-order valence-corrected chi connectivity index (χ3v) is 17.0. The van der Waals surface area contributed by atoms with E-state index in [-0.39, 0.29) is 78.6 Å². The summed E-state index contributed by atoms with van der Waals surface area (Å²) in [5.74, 6) is -9.49. The number of phenols is 1. The van der Waals surface area contributed by atoms with Crippen LogP contribution in [-0.4, -0.2) is 160 Å². The van der Waals surface area contributed by atoms with Crippen molar-refractivity contribution in [1.29, 1.82) is 0 Å². The topological polar surface area (TPSA) is 324 Å². The van der Waals surface area contributed by atoms with E-state index in [4.69, 9.17) is 30.4 Å². The molecular weight excluding hydrogens is 1050 g/mol. The van der Waals surface area contributed by atoms with Crippen LogP contribution in [-0.2, 0) is 23.8 Å². The van der Waals surface area contributed by atoms with Crippen molar-refractivity contribution < 1.29 is 72.5 Å². The van der Waals surface area contributed by atoms with Gasteiger partial charge in [-0.3, -0.25) is 33.2 Å². The van der Waals surface area contributed by atoms with Gasteiger partial charge in [0.15, 0.2) is 5.82 Å². The average Bonchev–Trinajstić information content (AvgIpc) is 4.35. The molecule has 1 amide bonds. The molecule has 10 rings (SSSR count). The number of ether oxygens (including phenoxy) is 4. The largest absolute Gasteiger partial charge is 0.507 e. The van der Waals surface area contributed by atoms with Crippen molar-refractivity contribution in [2.24, 2.45) is 23.3 Å². The predicted octanol–water partition coefficient (Wildman–Crippen LogP) is 3.19. The van der Waals surface area contributed by atoms with Crippen molar-refractivity contribution in [3.05, 3.63) is 103 Å². The Hall–Kier alpha value is -6.86. The van der Waals surface area contributed by atoms with Gasteiger partial charge in [-0.25, -0.2) is 9.18 Å². The number of rotatable bonds is 9. The van der Waals surface area contributed by atoms with E-state index in [0.29, 0.717) is 55.7 Å². The number of nitrogens with one attached hydrogen (secondary N) is 2. The van der Waals surface area contributed by atoms with Crippen LogP contribution >= 0.6 is 0 Å². The van der Waals surface area contributed by atoms with Crippen LogP contribution in [0.4, 0.5) is 10.1 Å². The number of likely N-dealkylation sites (tertiary alicyclic amines) is 1. The summed E-state index contributed by atoms with van der Waals surface area (Å²) in [6.07, 6.45) is 4.03. The number of aromatic hydroxyl groups is 1. The first-order valence-electron chi connectivity index (χ1n) is 27.6. The highest BCUT2D eigenvalue weighted by Crippen LogP contribution is 2.49. The number of esters is 1. The van der Waals surface area contributed by atoms with Gasteiger partial charge in [0.25, 0.3) is 17.3 Å². The summed E-state index contributed by atoms with van der Waals surface area (Å²) in [4.78, 5) is 100. The summed E-state index contributed by atoms with van der Waals surface area (Å²) < 4.78 is 40.7. The Morgan fingerprint density at radius 3 is 2.27 bits per heavy atom. The fraction of sp³-hybridized carbons (Fsp3) is 0.534. The molecule has 2 saturated heterocycles. The molecule has 7 heterocycles. The smallest absolute Gasteiger partial charge is 0.341 e. The molecule has 23 heteroatoms. The number of allylic oxidation sites excluding steroid dienone is 4. The molecule has 7 aliphatic rings. The Morgan fingerprint density at radius 1 is 0.926 bits per heavy atom. The Kier molecular flexibility index (Phi) is 16.8. The number of pyridine rings is 2. The van der Waals surface area contributed by atoms with Gasteiger partial charge in [0, 0.05) is 76.7 Å². The number of carbonyl (C=O) groups excluding carboxylic acids is 5. The minimum Gasteiger partial charge on any atom is -0.507 e. The fourth-order valence-electron chi connectivity index (χ4n) is 12.1. The molecule has 5 bridgehead atoms. The number of piperidine rings is 1. The number of aromatic carboxylic acids is 1. The maximum atomic E-state index is 16.1. The minimum atomic E-state index is -2.09. The molecule has 9 atom stereocenters. The van der Waals surface area contributed by atoms with Gasteiger partial charge in [0.1, 0.15) is 34.6 Å². The molecule has 22 nitrogen and oxygen atoms in total. The van der Waals surface area contributed by atoms with Crippen molar-refractivity contribution in [2.45, 2.75) is 141 Å². The van der Waals surface area contributed by atoms with Crippen LogP contribution in [0.1, 0.15) is 137 Å². The first kappa shape index (κ1) is 58.8. The minimum absolute atomic E-state index is 0.0284. The number of aliphatic hydroxyl groups excluding tert-OH is 2. The molecule has 0 unspecified atom stereocenters. The first-order valence-corrected chi connectivity index (χ1v) is 27.6.